The molecule has 0 N–H and O–H groups in total. The van der Waals surface area contributed by atoms with Crippen molar-refractivity contribution in [2.24, 2.45) is 0 Å². The number of rotatable bonds is 6. The summed E-state index contributed by atoms with van der Waals surface area (Å²) in [5.41, 5.74) is 0. The molecule has 0 amide bonds. The Morgan fingerprint density at radius 1 is 0.679 bits per heavy atom. The van der Waals surface area contributed by atoms with Crippen molar-refractivity contribution < 1.29 is 19.1 Å². The highest BCUT2D eigenvalue weighted by Crippen LogP contribution is 2.58. The van der Waals surface area contributed by atoms with Crippen molar-refractivity contribution in [3.63, 3.8) is 0 Å². The second kappa shape index (κ2) is 13.0. The first kappa shape index (κ1) is 23.9. The highest BCUT2D eigenvalue weighted by atomic mass is 33.1. The van der Waals surface area contributed by atoms with Crippen LogP contribution in [0, 0.1) is 0 Å². The fourth-order valence-electron chi connectivity index (χ4n) is 3.01. The summed E-state index contributed by atoms with van der Waals surface area (Å²) in [6.07, 6.45) is 5.67. The molecule has 0 aromatic carbocycles. The standard InChI is InChI=1S/C16H26N2O4S6/c19-14(23-17-6-10-21-11-7-17)25-27-16(4-2-1-3-5-16)28-26-15(20)24-18-8-12-22-13-9-18/h1-13H2. The van der Waals surface area contributed by atoms with Crippen LogP contribution in [0.4, 0.5) is 9.59 Å². The molecular weight excluding hydrogens is 477 g/mol. The molecule has 2 aliphatic heterocycles. The van der Waals surface area contributed by atoms with Gasteiger partial charge in [-0.3, -0.25) is 9.59 Å². The topological polar surface area (TPSA) is 59.1 Å². The Labute approximate surface area is 191 Å². The van der Waals surface area contributed by atoms with Gasteiger partial charge in [-0.15, -0.1) is 0 Å². The van der Waals surface area contributed by atoms with E-state index < -0.39 is 0 Å². The molecular formula is C16H26N2O4S6. The van der Waals surface area contributed by atoms with Crippen LogP contribution < -0.4 is 0 Å². The minimum absolute atomic E-state index is 0.0595. The van der Waals surface area contributed by atoms with Crippen LogP contribution in [0.5, 0.6) is 0 Å². The van der Waals surface area contributed by atoms with E-state index in [-0.39, 0.29) is 13.0 Å². The van der Waals surface area contributed by atoms with Crippen LogP contribution in [-0.2, 0) is 9.47 Å². The Morgan fingerprint density at radius 3 is 1.54 bits per heavy atom. The SMILES string of the molecule is O=C(SSC1(SSC(=O)SN2CCOCC2)CCCCC1)SN1CCOCC1. The highest BCUT2D eigenvalue weighted by Gasteiger charge is 2.36. The van der Waals surface area contributed by atoms with E-state index in [1.165, 1.54) is 51.9 Å². The van der Waals surface area contributed by atoms with Gasteiger partial charge in [0.05, 0.1) is 30.5 Å². The zero-order valence-corrected chi connectivity index (χ0v) is 20.6. The summed E-state index contributed by atoms with van der Waals surface area (Å²) in [6, 6.07) is 0. The van der Waals surface area contributed by atoms with Gasteiger partial charge in [-0.2, -0.15) is 0 Å². The van der Waals surface area contributed by atoms with E-state index in [0.29, 0.717) is 26.4 Å². The Hall–Kier alpha value is 1.28. The van der Waals surface area contributed by atoms with Gasteiger partial charge in [-0.25, -0.2) is 8.61 Å². The quantitative estimate of drug-likeness (QED) is 0.258. The third-order valence-electron chi connectivity index (χ3n) is 4.49. The second-order valence-corrected chi connectivity index (χ2v) is 14.5. The number of carbonyl (C=O) groups is 2. The molecule has 1 saturated carbocycles. The molecule has 0 aromatic rings. The van der Waals surface area contributed by atoms with Gasteiger partial charge in [0.1, 0.15) is 0 Å². The first-order valence-electron chi connectivity index (χ1n) is 9.46. The zero-order chi connectivity index (χ0) is 19.7. The average Bonchev–Trinajstić information content (AvgIpc) is 2.73. The van der Waals surface area contributed by atoms with Gasteiger partial charge in [0.2, 0.25) is 0 Å². The predicted molar refractivity (Wildman–Crippen MR) is 127 cm³/mol. The average molecular weight is 503 g/mol. The molecule has 6 nitrogen and oxygen atoms in total. The largest absolute Gasteiger partial charge is 0.379 e. The lowest BCUT2D eigenvalue weighted by Crippen LogP contribution is -2.31. The monoisotopic (exact) mass is 502 g/mol. The highest BCUT2D eigenvalue weighted by molar-refractivity contribution is 8.93. The first-order valence-corrected chi connectivity index (χ1v) is 15.3. The predicted octanol–water partition coefficient (Wildman–Crippen LogP) is 5.61. The minimum Gasteiger partial charge on any atom is -0.379 e. The smallest absolute Gasteiger partial charge is 0.271 e. The number of carbonyl (C=O) groups excluding carboxylic acids is 2. The van der Waals surface area contributed by atoms with Gasteiger partial charge in [0, 0.05) is 50.1 Å². The molecule has 0 bridgehead atoms. The van der Waals surface area contributed by atoms with E-state index in [0.717, 1.165) is 51.9 Å². The summed E-state index contributed by atoms with van der Waals surface area (Å²) < 4.78 is 15.0. The maximum absolute atomic E-state index is 12.4. The van der Waals surface area contributed by atoms with E-state index in [2.05, 4.69) is 8.61 Å². The van der Waals surface area contributed by atoms with Crippen LogP contribution in [0.2, 0.25) is 0 Å². The molecule has 0 radical (unpaired) electrons. The Morgan fingerprint density at radius 2 is 1.11 bits per heavy atom. The van der Waals surface area contributed by atoms with Crippen molar-refractivity contribution in [1.29, 1.82) is 0 Å². The maximum Gasteiger partial charge on any atom is 0.271 e. The summed E-state index contributed by atoms with van der Waals surface area (Å²) in [6.45, 7) is 5.95. The third-order valence-corrected chi connectivity index (χ3v) is 13.9. The lowest BCUT2D eigenvalue weighted by atomic mass is 10.00. The lowest BCUT2D eigenvalue weighted by Gasteiger charge is -2.34. The molecule has 28 heavy (non-hydrogen) atoms. The molecule has 2 heterocycles. The van der Waals surface area contributed by atoms with Crippen molar-refractivity contribution in [2.45, 2.75) is 36.2 Å². The molecule has 3 aliphatic rings. The van der Waals surface area contributed by atoms with Gasteiger partial charge >= 0.3 is 0 Å². The summed E-state index contributed by atoms with van der Waals surface area (Å²) >= 11 is 2.61. The van der Waals surface area contributed by atoms with Crippen LogP contribution in [0.1, 0.15) is 32.1 Å². The molecule has 0 spiro atoms. The number of morpholine rings is 2. The Balaban J connectivity index is 1.43. The molecule has 3 fully saturated rings. The molecule has 1 aliphatic carbocycles. The van der Waals surface area contributed by atoms with Gasteiger partial charge in [0.15, 0.2) is 0 Å². The van der Waals surface area contributed by atoms with E-state index >= 15 is 0 Å². The van der Waals surface area contributed by atoms with Gasteiger partial charge in [0.25, 0.3) is 8.89 Å². The van der Waals surface area contributed by atoms with Crippen LogP contribution in [0.3, 0.4) is 0 Å². The molecule has 3 rings (SSSR count). The Kier molecular flexibility index (Phi) is 11.1. The van der Waals surface area contributed by atoms with Crippen LogP contribution >= 0.6 is 67.1 Å². The van der Waals surface area contributed by atoms with Crippen molar-refractivity contribution in [1.82, 2.24) is 8.61 Å². The van der Waals surface area contributed by atoms with Gasteiger partial charge < -0.3 is 9.47 Å². The normalized spacial score (nSPS) is 24.1. The third kappa shape index (κ3) is 8.43. The summed E-state index contributed by atoms with van der Waals surface area (Å²) in [5.74, 6) is 0. The van der Waals surface area contributed by atoms with E-state index in [4.69, 9.17) is 9.47 Å². The fraction of sp³-hybridized carbons (Fsp3) is 0.875. The van der Waals surface area contributed by atoms with Crippen molar-refractivity contribution in [3.05, 3.63) is 0 Å². The second-order valence-electron chi connectivity index (χ2n) is 6.57. The number of hydrogen-bond donors (Lipinski definition) is 0. The van der Waals surface area contributed by atoms with E-state index in [1.54, 1.807) is 21.6 Å². The summed E-state index contributed by atoms with van der Waals surface area (Å²) in [4.78, 5) is 24.8. The van der Waals surface area contributed by atoms with Crippen LogP contribution in [0.25, 0.3) is 0 Å². The fourth-order valence-corrected chi connectivity index (χ4v) is 11.5. The molecule has 2 saturated heterocycles. The van der Waals surface area contributed by atoms with E-state index in [9.17, 15) is 9.59 Å². The molecule has 0 unspecified atom stereocenters. The molecule has 0 atom stereocenters. The molecule has 0 aromatic heterocycles. The lowest BCUT2D eigenvalue weighted by molar-refractivity contribution is 0.0775. The minimum atomic E-state index is -0.0595. The first-order chi connectivity index (χ1) is 13.7. The van der Waals surface area contributed by atoms with Gasteiger partial charge in [-0.1, -0.05) is 40.9 Å². The van der Waals surface area contributed by atoms with E-state index in [1.807, 2.05) is 0 Å². The van der Waals surface area contributed by atoms with Crippen molar-refractivity contribution >= 4 is 76.0 Å². The van der Waals surface area contributed by atoms with Crippen LogP contribution in [-0.4, -0.2) is 74.2 Å². The number of nitrogens with zero attached hydrogens (tertiary/aromatic N) is 2. The maximum atomic E-state index is 12.4. The van der Waals surface area contributed by atoms with Gasteiger partial charge in [-0.05, 0) is 34.4 Å². The number of hydrogen-bond acceptors (Lipinski definition) is 12. The van der Waals surface area contributed by atoms with Crippen LogP contribution in [0.15, 0.2) is 0 Å². The molecule has 160 valence electrons. The molecule has 12 heteroatoms. The summed E-state index contributed by atoms with van der Waals surface area (Å²) in [5, 5.41) is 0. The van der Waals surface area contributed by atoms with Crippen molar-refractivity contribution in [2.75, 3.05) is 52.6 Å². The number of ether oxygens (including phenoxy) is 2. The Bertz CT molecular complexity index is 473. The zero-order valence-electron chi connectivity index (χ0n) is 15.7. The van der Waals surface area contributed by atoms with Crippen molar-refractivity contribution in [3.8, 4) is 0 Å². The summed E-state index contributed by atoms with van der Waals surface area (Å²) in [7, 11) is 6.01.